The summed E-state index contributed by atoms with van der Waals surface area (Å²) in [7, 11) is 0. The second-order valence-electron chi connectivity index (χ2n) is 6.96. The van der Waals surface area contributed by atoms with E-state index in [9.17, 15) is 14.4 Å². The summed E-state index contributed by atoms with van der Waals surface area (Å²) in [6.45, 7) is 5.82. The molecule has 3 aromatic rings. The highest BCUT2D eigenvalue weighted by molar-refractivity contribution is 5.92. The smallest absolute Gasteiger partial charge is 0.324 e. The average molecular weight is 377 g/mol. The third-order valence-corrected chi connectivity index (χ3v) is 4.58. The molecule has 1 aromatic heterocycles. The molecular formula is C22H23N3O3. The van der Waals surface area contributed by atoms with Gasteiger partial charge in [-0.2, -0.15) is 0 Å². The van der Waals surface area contributed by atoms with Crippen LogP contribution in [0.2, 0.25) is 0 Å². The summed E-state index contributed by atoms with van der Waals surface area (Å²) >= 11 is 0. The molecule has 0 spiro atoms. The number of carbonyl (C=O) groups is 1. The van der Waals surface area contributed by atoms with Gasteiger partial charge in [0.15, 0.2) is 0 Å². The molecule has 0 saturated carbocycles. The first-order valence-electron chi connectivity index (χ1n) is 9.07. The van der Waals surface area contributed by atoms with Crippen LogP contribution in [-0.2, 0) is 17.9 Å². The van der Waals surface area contributed by atoms with Gasteiger partial charge < -0.3 is 5.32 Å². The Bertz CT molecular complexity index is 1100. The van der Waals surface area contributed by atoms with Gasteiger partial charge in [0.2, 0.25) is 5.91 Å². The van der Waals surface area contributed by atoms with Gasteiger partial charge in [-0.3, -0.25) is 18.7 Å². The Morgan fingerprint density at radius 3 is 2.25 bits per heavy atom. The molecule has 0 aliphatic rings. The van der Waals surface area contributed by atoms with Crippen LogP contribution in [0, 0.1) is 20.8 Å². The molecule has 0 bridgehead atoms. The summed E-state index contributed by atoms with van der Waals surface area (Å²) in [4.78, 5) is 37.4. The molecule has 144 valence electrons. The maximum Gasteiger partial charge on any atom is 0.331 e. The zero-order chi connectivity index (χ0) is 20.3. The summed E-state index contributed by atoms with van der Waals surface area (Å²) in [6.07, 6.45) is 1.46. The Balaban J connectivity index is 1.84. The molecule has 3 rings (SSSR count). The quantitative estimate of drug-likeness (QED) is 0.743. The maximum atomic E-state index is 12.7. The summed E-state index contributed by atoms with van der Waals surface area (Å²) in [5.41, 5.74) is 3.62. The van der Waals surface area contributed by atoms with Crippen LogP contribution < -0.4 is 16.6 Å². The van der Waals surface area contributed by atoms with Crippen LogP contribution in [0.25, 0.3) is 0 Å². The van der Waals surface area contributed by atoms with Crippen molar-refractivity contribution in [3.63, 3.8) is 0 Å². The lowest BCUT2D eigenvalue weighted by Gasteiger charge is -2.14. The van der Waals surface area contributed by atoms with Crippen molar-refractivity contribution in [3.8, 4) is 0 Å². The Labute approximate surface area is 163 Å². The van der Waals surface area contributed by atoms with Gasteiger partial charge in [-0.15, -0.1) is 0 Å². The minimum atomic E-state index is -0.510. The Morgan fingerprint density at radius 2 is 1.61 bits per heavy atom. The monoisotopic (exact) mass is 377 g/mol. The molecule has 0 atom stereocenters. The number of aryl methyl sites for hydroxylation is 3. The van der Waals surface area contributed by atoms with Gasteiger partial charge in [-0.05, 0) is 37.5 Å². The number of hydrogen-bond acceptors (Lipinski definition) is 3. The second kappa shape index (κ2) is 8.08. The Morgan fingerprint density at radius 1 is 0.964 bits per heavy atom. The number of hydrogen-bond donors (Lipinski definition) is 1. The number of carbonyl (C=O) groups excluding carboxylic acids is 1. The predicted octanol–water partition coefficient (Wildman–Crippen LogP) is 2.62. The van der Waals surface area contributed by atoms with E-state index in [1.54, 1.807) is 0 Å². The minimum Gasteiger partial charge on any atom is -0.324 e. The molecule has 28 heavy (non-hydrogen) atoms. The molecule has 0 radical (unpaired) electrons. The number of amides is 1. The third kappa shape index (κ3) is 4.28. The lowest BCUT2D eigenvalue weighted by Crippen LogP contribution is -2.42. The molecule has 1 heterocycles. The van der Waals surface area contributed by atoms with E-state index in [2.05, 4.69) is 5.32 Å². The Kier molecular flexibility index (Phi) is 5.59. The molecule has 1 amide bonds. The van der Waals surface area contributed by atoms with Gasteiger partial charge in [0.05, 0.1) is 6.54 Å². The van der Waals surface area contributed by atoms with E-state index < -0.39 is 17.2 Å². The fraction of sp³-hybridized carbons (Fsp3) is 0.227. The van der Waals surface area contributed by atoms with Crippen molar-refractivity contribution in [1.29, 1.82) is 0 Å². The van der Waals surface area contributed by atoms with Gasteiger partial charge in [-0.25, -0.2) is 4.79 Å². The van der Waals surface area contributed by atoms with E-state index in [1.165, 1.54) is 16.8 Å². The van der Waals surface area contributed by atoms with Crippen molar-refractivity contribution >= 4 is 11.6 Å². The zero-order valence-corrected chi connectivity index (χ0v) is 16.2. The van der Waals surface area contributed by atoms with E-state index in [1.807, 2.05) is 63.2 Å². The lowest BCUT2D eigenvalue weighted by molar-refractivity contribution is -0.116. The number of rotatable bonds is 5. The van der Waals surface area contributed by atoms with E-state index in [0.29, 0.717) is 12.2 Å². The molecule has 0 aliphatic carbocycles. The summed E-state index contributed by atoms with van der Waals surface area (Å²) in [5, 5.41) is 2.83. The molecule has 0 aliphatic heterocycles. The van der Waals surface area contributed by atoms with Crippen LogP contribution in [-0.4, -0.2) is 15.0 Å². The summed E-state index contributed by atoms with van der Waals surface area (Å²) in [6, 6.07) is 14.7. The lowest BCUT2D eigenvalue weighted by atomic mass is 10.1. The van der Waals surface area contributed by atoms with Crippen LogP contribution in [0.5, 0.6) is 0 Å². The molecule has 6 heteroatoms. The van der Waals surface area contributed by atoms with Crippen LogP contribution in [0.4, 0.5) is 5.69 Å². The van der Waals surface area contributed by atoms with Crippen LogP contribution >= 0.6 is 0 Å². The van der Waals surface area contributed by atoms with Gasteiger partial charge in [0, 0.05) is 18.0 Å². The topological polar surface area (TPSA) is 73.1 Å². The van der Waals surface area contributed by atoms with Crippen molar-refractivity contribution in [2.75, 3.05) is 5.32 Å². The van der Waals surface area contributed by atoms with E-state index in [0.717, 1.165) is 26.8 Å². The minimum absolute atomic E-state index is 0.331. The molecule has 6 nitrogen and oxygen atoms in total. The largest absolute Gasteiger partial charge is 0.331 e. The molecule has 0 saturated heterocycles. The first-order valence-corrected chi connectivity index (χ1v) is 9.07. The number of benzene rings is 2. The van der Waals surface area contributed by atoms with Gasteiger partial charge in [0.25, 0.3) is 5.56 Å². The number of aromatic nitrogens is 2. The number of nitrogens with one attached hydrogen (secondary N) is 1. The van der Waals surface area contributed by atoms with Gasteiger partial charge in [-0.1, -0.05) is 48.0 Å². The zero-order valence-electron chi connectivity index (χ0n) is 16.2. The molecular weight excluding hydrogens is 354 g/mol. The normalized spacial score (nSPS) is 10.7. The standard InChI is InChI=1S/C22H23N3O3/c1-15-11-16(2)21(17(3)12-15)23-19(26)14-25-20(27)9-10-24(22(25)28)13-18-7-5-4-6-8-18/h4-12H,13-14H2,1-3H3,(H,23,26). The van der Waals surface area contributed by atoms with Gasteiger partial charge >= 0.3 is 5.69 Å². The van der Waals surface area contributed by atoms with E-state index >= 15 is 0 Å². The van der Waals surface area contributed by atoms with Crippen molar-refractivity contribution < 1.29 is 4.79 Å². The average Bonchev–Trinajstić information content (AvgIpc) is 2.65. The molecule has 1 N–H and O–H groups in total. The van der Waals surface area contributed by atoms with E-state index in [4.69, 9.17) is 0 Å². The van der Waals surface area contributed by atoms with Crippen LogP contribution in [0.15, 0.2) is 64.3 Å². The summed E-state index contributed by atoms with van der Waals surface area (Å²) < 4.78 is 2.38. The van der Waals surface area contributed by atoms with Crippen molar-refractivity contribution in [2.24, 2.45) is 0 Å². The molecule has 0 unspecified atom stereocenters. The molecule has 0 fully saturated rings. The summed E-state index contributed by atoms with van der Waals surface area (Å²) in [5.74, 6) is -0.410. The van der Waals surface area contributed by atoms with Crippen LogP contribution in [0.1, 0.15) is 22.3 Å². The fourth-order valence-electron chi connectivity index (χ4n) is 3.30. The first-order chi connectivity index (χ1) is 13.3. The Hall–Kier alpha value is -3.41. The first kappa shape index (κ1) is 19.4. The highest BCUT2D eigenvalue weighted by Crippen LogP contribution is 2.21. The SMILES string of the molecule is Cc1cc(C)c(NC(=O)Cn2c(=O)ccn(Cc3ccccc3)c2=O)c(C)c1. The van der Waals surface area contributed by atoms with E-state index in [-0.39, 0.29) is 6.54 Å². The van der Waals surface area contributed by atoms with Crippen molar-refractivity contribution in [1.82, 2.24) is 9.13 Å². The number of anilines is 1. The predicted molar refractivity (Wildman–Crippen MR) is 110 cm³/mol. The maximum absolute atomic E-state index is 12.7. The third-order valence-electron chi connectivity index (χ3n) is 4.58. The molecule has 2 aromatic carbocycles. The van der Waals surface area contributed by atoms with Gasteiger partial charge in [0.1, 0.15) is 6.54 Å². The second-order valence-corrected chi connectivity index (χ2v) is 6.96. The number of nitrogens with zero attached hydrogens (tertiary/aromatic N) is 2. The highest BCUT2D eigenvalue weighted by Gasteiger charge is 2.13. The fourth-order valence-corrected chi connectivity index (χ4v) is 3.30. The van der Waals surface area contributed by atoms with Crippen LogP contribution in [0.3, 0.4) is 0 Å². The van der Waals surface area contributed by atoms with Crippen molar-refractivity contribution in [3.05, 3.63) is 97.8 Å². The van der Waals surface area contributed by atoms with Crippen molar-refractivity contribution in [2.45, 2.75) is 33.9 Å². The highest BCUT2D eigenvalue weighted by atomic mass is 16.2.